The fourth-order valence-corrected chi connectivity index (χ4v) is 4.53. The molecule has 1 aliphatic heterocycles. The Balaban J connectivity index is 2.17. The second-order valence-electron chi connectivity index (χ2n) is 6.83. The first kappa shape index (κ1) is 21.9. The third-order valence-electron chi connectivity index (χ3n) is 4.83. The number of hydrazone groups is 1. The van der Waals surface area contributed by atoms with Gasteiger partial charge in [-0.05, 0) is 37.1 Å². The van der Waals surface area contributed by atoms with Crippen molar-refractivity contribution >= 4 is 28.5 Å². The van der Waals surface area contributed by atoms with Crippen molar-refractivity contribution in [3.63, 3.8) is 0 Å². The van der Waals surface area contributed by atoms with Gasteiger partial charge in [-0.25, -0.2) is 13.8 Å². The van der Waals surface area contributed by atoms with Crippen LogP contribution >= 0.6 is 11.8 Å². The number of carbonyl (C=O) groups is 1. The molecule has 3 N–H and O–H groups in total. The molecule has 1 heterocycles. The van der Waals surface area contributed by atoms with Crippen LogP contribution in [0.15, 0.2) is 53.6 Å². The first-order chi connectivity index (χ1) is 14.3. The summed E-state index contributed by atoms with van der Waals surface area (Å²) in [6, 6.07) is 12.2. The van der Waals surface area contributed by atoms with Crippen LogP contribution in [0.5, 0.6) is 0 Å². The molecule has 3 rings (SSSR count). The van der Waals surface area contributed by atoms with Crippen LogP contribution < -0.4 is 5.73 Å². The molecular weight excluding hydrogens is 410 g/mol. The number of rotatable bonds is 7. The van der Waals surface area contributed by atoms with Crippen molar-refractivity contribution in [3.8, 4) is 0 Å². The molecule has 0 bridgehead atoms. The number of carbonyl (C=O) groups excluding carboxylic acids is 1. The normalized spacial score (nSPS) is 19.5. The van der Waals surface area contributed by atoms with Crippen LogP contribution in [0.25, 0.3) is 0 Å². The average Bonchev–Trinajstić information content (AvgIpc) is 3.14. The van der Waals surface area contributed by atoms with Crippen LogP contribution in [-0.4, -0.2) is 35.0 Å². The molecule has 0 radical (unpaired) electrons. The Morgan fingerprint density at radius 3 is 2.63 bits per heavy atom. The predicted octanol–water partition coefficient (Wildman–Crippen LogP) is 3.81. The van der Waals surface area contributed by atoms with Crippen molar-refractivity contribution in [2.24, 2.45) is 10.8 Å². The van der Waals surface area contributed by atoms with Gasteiger partial charge in [0.25, 0.3) is 5.91 Å². The van der Waals surface area contributed by atoms with Crippen molar-refractivity contribution in [1.82, 2.24) is 5.01 Å². The first-order valence-corrected chi connectivity index (χ1v) is 10.1. The molecule has 0 aromatic heterocycles. The molecule has 0 spiro atoms. The van der Waals surface area contributed by atoms with Gasteiger partial charge < -0.3 is 10.5 Å². The van der Waals surface area contributed by atoms with Crippen LogP contribution in [0.2, 0.25) is 0 Å². The zero-order valence-corrected chi connectivity index (χ0v) is 17.4. The highest BCUT2D eigenvalue weighted by molar-refractivity contribution is 8.15. The van der Waals surface area contributed by atoms with Gasteiger partial charge in [0.15, 0.2) is 0 Å². The van der Waals surface area contributed by atoms with Crippen LogP contribution in [0.1, 0.15) is 30.9 Å². The fourth-order valence-electron chi connectivity index (χ4n) is 3.15. The summed E-state index contributed by atoms with van der Waals surface area (Å²) in [7, 11) is 1.41. The highest BCUT2D eigenvalue weighted by atomic mass is 32.2. The molecule has 1 amide bonds. The standard InChI is InChI=1S/C21H22F2N4O2S/c1-13(29-2)20(28)27-21(11-10-18(24)25,14-6-4-3-5-7-14)30-19(26-27)16-12-15(22)8-9-17(16)23/h3-9,12-13H,10-11H2,1-2H3,(H3,24,25). The zero-order valence-electron chi connectivity index (χ0n) is 16.6. The van der Waals surface area contributed by atoms with Gasteiger partial charge in [-0.1, -0.05) is 42.1 Å². The Morgan fingerprint density at radius 1 is 1.30 bits per heavy atom. The number of hydrogen-bond acceptors (Lipinski definition) is 5. The van der Waals surface area contributed by atoms with E-state index in [1.165, 1.54) is 12.1 Å². The number of ether oxygens (including phenoxy) is 1. The van der Waals surface area contributed by atoms with Gasteiger partial charge in [0.05, 0.1) is 5.84 Å². The molecule has 0 saturated heterocycles. The monoisotopic (exact) mass is 432 g/mol. The van der Waals surface area contributed by atoms with Gasteiger partial charge >= 0.3 is 0 Å². The summed E-state index contributed by atoms with van der Waals surface area (Å²) in [5.41, 5.74) is 6.29. The van der Waals surface area contributed by atoms with E-state index in [1.54, 1.807) is 6.92 Å². The van der Waals surface area contributed by atoms with Gasteiger partial charge in [-0.3, -0.25) is 10.2 Å². The van der Waals surface area contributed by atoms with Crippen molar-refractivity contribution in [3.05, 3.63) is 71.3 Å². The second kappa shape index (κ2) is 8.93. The Bertz CT molecular complexity index is 986. The summed E-state index contributed by atoms with van der Waals surface area (Å²) in [5.74, 6) is -1.75. The molecule has 9 heteroatoms. The molecule has 0 saturated carbocycles. The van der Waals surface area contributed by atoms with Gasteiger partial charge in [0.1, 0.15) is 27.7 Å². The maximum Gasteiger partial charge on any atom is 0.273 e. The van der Waals surface area contributed by atoms with E-state index in [4.69, 9.17) is 15.9 Å². The quantitative estimate of drug-likeness (QED) is 0.514. The van der Waals surface area contributed by atoms with E-state index < -0.39 is 28.5 Å². The summed E-state index contributed by atoms with van der Waals surface area (Å²) >= 11 is 1.13. The zero-order chi connectivity index (χ0) is 21.9. The third-order valence-corrected chi connectivity index (χ3v) is 6.27. The van der Waals surface area contributed by atoms with Crippen molar-refractivity contribution in [2.75, 3.05) is 7.11 Å². The number of benzene rings is 2. The Hall–Kier alpha value is -2.78. The van der Waals surface area contributed by atoms with Crippen LogP contribution in [0.3, 0.4) is 0 Å². The van der Waals surface area contributed by atoms with Crippen molar-refractivity contribution in [2.45, 2.75) is 30.7 Å². The predicted molar refractivity (Wildman–Crippen MR) is 113 cm³/mol. The van der Waals surface area contributed by atoms with E-state index in [0.717, 1.165) is 35.5 Å². The highest BCUT2D eigenvalue weighted by Crippen LogP contribution is 2.50. The Labute approximate surface area is 177 Å². The molecule has 2 atom stereocenters. The van der Waals surface area contributed by atoms with Gasteiger partial charge in [-0.15, -0.1) is 0 Å². The second-order valence-corrected chi connectivity index (χ2v) is 8.10. The van der Waals surface area contributed by atoms with Crippen molar-refractivity contribution in [1.29, 1.82) is 5.41 Å². The fraction of sp³-hybridized carbons (Fsp3) is 0.286. The van der Waals surface area contributed by atoms with Gasteiger partial charge in [0, 0.05) is 19.1 Å². The van der Waals surface area contributed by atoms with E-state index in [9.17, 15) is 13.6 Å². The lowest BCUT2D eigenvalue weighted by Crippen LogP contribution is -2.46. The SMILES string of the molecule is COC(C)C(=O)N1N=C(c2cc(F)ccc2F)SC1(CCC(=N)N)c1ccccc1. The minimum absolute atomic E-state index is 0.0384. The first-order valence-electron chi connectivity index (χ1n) is 9.27. The lowest BCUT2D eigenvalue weighted by Gasteiger charge is -2.36. The largest absolute Gasteiger partial charge is 0.388 e. The number of amidine groups is 1. The Morgan fingerprint density at radius 2 is 2.00 bits per heavy atom. The molecule has 1 aliphatic rings. The molecule has 30 heavy (non-hydrogen) atoms. The third kappa shape index (κ3) is 4.22. The summed E-state index contributed by atoms with van der Waals surface area (Å²) in [6.07, 6.45) is -0.378. The number of methoxy groups -OCH3 is 1. The smallest absolute Gasteiger partial charge is 0.273 e. The minimum Gasteiger partial charge on any atom is -0.388 e. The van der Waals surface area contributed by atoms with Crippen molar-refractivity contribution < 1.29 is 18.3 Å². The molecular formula is C21H22F2N4O2S. The van der Waals surface area contributed by atoms with Gasteiger partial charge in [-0.2, -0.15) is 5.10 Å². The molecule has 158 valence electrons. The lowest BCUT2D eigenvalue weighted by atomic mass is 9.99. The number of hydrogen-bond donors (Lipinski definition) is 2. The summed E-state index contributed by atoms with van der Waals surface area (Å²) in [6.45, 7) is 1.59. The van der Waals surface area contributed by atoms with E-state index in [0.29, 0.717) is 0 Å². The van der Waals surface area contributed by atoms with E-state index in [1.807, 2.05) is 30.3 Å². The van der Waals surface area contributed by atoms with E-state index in [2.05, 4.69) is 5.10 Å². The van der Waals surface area contributed by atoms with Gasteiger partial charge in [0.2, 0.25) is 0 Å². The maximum absolute atomic E-state index is 14.5. The number of nitrogens with one attached hydrogen (secondary N) is 1. The maximum atomic E-state index is 14.5. The van der Waals surface area contributed by atoms with E-state index >= 15 is 0 Å². The van der Waals surface area contributed by atoms with Crippen LogP contribution in [-0.2, 0) is 14.4 Å². The summed E-state index contributed by atoms with van der Waals surface area (Å²) in [4.78, 5) is 12.1. The topological polar surface area (TPSA) is 91.8 Å². The average molecular weight is 432 g/mol. The molecule has 0 aliphatic carbocycles. The summed E-state index contributed by atoms with van der Waals surface area (Å²) in [5, 5.41) is 13.5. The number of nitrogens with two attached hydrogens (primary N) is 1. The summed E-state index contributed by atoms with van der Waals surface area (Å²) < 4.78 is 33.5. The molecule has 0 fully saturated rings. The van der Waals surface area contributed by atoms with E-state index in [-0.39, 0.29) is 29.3 Å². The molecule has 6 nitrogen and oxygen atoms in total. The number of thioether (sulfide) groups is 1. The minimum atomic E-state index is -1.09. The molecule has 2 aromatic rings. The molecule has 2 aromatic carbocycles. The Kier molecular flexibility index (Phi) is 6.52. The highest BCUT2D eigenvalue weighted by Gasteiger charge is 2.49. The lowest BCUT2D eigenvalue weighted by molar-refractivity contribution is -0.144. The number of nitrogens with zero attached hydrogens (tertiary/aromatic N) is 2. The van der Waals surface area contributed by atoms with Crippen LogP contribution in [0, 0.1) is 17.0 Å². The number of halogens is 2. The molecule has 2 unspecified atom stereocenters. The van der Waals surface area contributed by atoms with Crippen LogP contribution in [0.4, 0.5) is 8.78 Å². The number of amides is 1.